The number of nitrogens with one attached hydrogen (secondary N) is 1. The number of anilines is 1. The summed E-state index contributed by atoms with van der Waals surface area (Å²) in [6, 6.07) is 12.2. The lowest BCUT2D eigenvalue weighted by atomic mass is 10.2. The molecule has 0 radical (unpaired) electrons. The van der Waals surface area contributed by atoms with Gasteiger partial charge in [0.1, 0.15) is 5.75 Å². The Morgan fingerprint density at radius 1 is 1.05 bits per heavy atom. The van der Waals surface area contributed by atoms with Crippen molar-refractivity contribution in [3.63, 3.8) is 0 Å². The minimum absolute atomic E-state index is 0.272. The van der Waals surface area contributed by atoms with Crippen LogP contribution in [0.25, 0.3) is 0 Å². The van der Waals surface area contributed by atoms with E-state index in [1.165, 1.54) is 7.11 Å². The third-order valence-electron chi connectivity index (χ3n) is 2.97. The quantitative estimate of drug-likeness (QED) is 0.941. The van der Waals surface area contributed by atoms with Crippen LogP contribution in [0.1, 0.15) is 11.1 Å². The molecule has 0 aliphatic rings. The predicted octanol–water partition coefficient (Wildman–Crippen LogP) is 3.11. The molecule has 0 unspecified atom stereocenters. The lowest BCUT2D eigenvalue weighted by molar-refractivity contribution is 0.417. The van der Waals surface area contributed by atoms with Crippen molar-refractivity contribution in [2.45, 2.75) is 18.7 Å². The SMILES string of the molecule is COc1ccccc1NS(=O)(=O)c1ccc(C)cc1C. The number of benzene rings is 2. The summed E-state index contributed by atoms with van der Waals surface area (Å²) in [5.41, 5.74) is 2.17. The van der Waals surface area contributed by atoms with Gasteiger partial charge in [0.15, 0.2) is 0 Å². The van der Waals surface area contributed by atoms with Crippen molar-refractivity contribution >= 4 is 15.7 Å². The Hall–Kier alpha value is -2.01. The van der Waals surface area contributed by atoms with Crippen molar-refractivity contribution in [2.75, 3.05) is 11.8 Å². The maximum Gasteiger partial charge on any atom is 0.262 e. The highest BCUT2D eigenvalue weighted by Crippen LogP contribution is 2.27. The predicted molar refractivity (Wildman–Crippen MR) is 79.7 cm³/mol. The number of sulfonamides is 1. The molecule has 0 spiro atoms. The maximum atomic E-state index is 12.4. The van der Waals surface area contributed by atoms with Crippen LogP contribution in [-0.2, 0) is 10.0 Å². The lowest BCUT2D eigenvalue weighted by Crippen LogP contribution is -2.14. The number of rotatable bonds is 4. The monoisotopic (exact) mass is 291 g/mol. The van der Waals surface area contributed by atoms with E-state index in [1.807, 2.05) is 13.0 Å². The molecule has 5 heteroatoms. The van der Waals surface area contributed by atoms with E-state index in [0.717, 1.165) is 5.56 Å². The van der Waals surface area contributed by atoms with Gasteiger partial charge in [-0.15, -0.1) is 0 Å². The summed E-state index contributed by atoms with van der Waals surface area (Å²) < 4.78 is 32.6. The molecule has 2 aromatic carbocycles. The molecule has 0 aliphatic carbocycles. The summed E-state index contributed by atoms with van der Waals surface area (Å²) in [7, 11) is -2.12. The molecular weight excluding hydrogens is 274 g/mol. The second-order valence-corrected chi connectivity index (χ2v) is 6.23. The first-order valence-corrected chi connectivity index (χ1v) is 7.65. The minimum Gasteiger partial charge on any atom is -0.495 e. The molecule has 106 valence electrons. The smallest absolute Gasteiger partial charge is 0.262 e. The summed E-state index contributed by atoms with van der Waals surface area (Å²) >= 11 is 0. The number of hydrogen-bond acceptors (Lipinski definition) is 3. The van der Waals surface area contributed by atoms with Crippen LogP contribution in [0.15, 0.2) is 47.4 Å². The maximum absolute atomic E-state index is 12.4. The van der Waals surface area contributed by atoms with Gasteiger partial charge in [-0.3, -0.25) is 4.72 Å². The van der Waals surface area contributed by atoms with Gasteiger partial charge in [0.2, 0.25) is 0 Å². The van der Waals surface area contributed by atoms with Crippen molar-refractivity contribution in [1.29, 1.82) is 0 Å². The topological polar surface area (TPSA) is 55.4 Å². The molecule has 0 aromatic heterocycles. The molecule has 0 saturated heterocycles. The van der Waals surface area contributed by atoms with Crippen LogP contribution in [0.4, 0.5) is 5.69 Å². The minimum atomic E-state index is -3.62. The van der Waals surface area contributed by atoms with Crippen LogP contribution in [0.3, 0.4) is 0 Å². The standard InChI is InChI=1S/C15H17NO3S/c1-11-8-9-15(12(2)10-11)20(17,18)16-13-6-4-5-7-14(13)19-3/h4-10,16H,1-3H3. The zero-order valence-electron chi connectivity index (χ0n) is 11.7. The van der Waals surface area contributed by atoms with Crippen LogP contribution in [-0.4, -0.2) is 15.5 Å². The number of hydrogen-bond donors (Lipinski definition) is 1. The van der Waals surface area contributed by atoms with E-state index in [4.69, 9.17) is 4.74 Å². The van der Waals surface area contributed by atoms with Crippen molar-refractivity contribution in [1.82, 2.24) is 0 Å². The Kier molecular flexibility index (Phi) is 3.99. The van der Waals surface area contributed by atoms with Crippen LogP contribution < -0.4 is 9.46 Å². The van der Waals surface area contributed by atoms with E-state index in [-0.39, 0.29) is 4.90 Å². The summed E-state index contributed by atoms with van der Waals surface area (Å²) in [6.07, 6.45) is 0. The Balaban J connectivity index is 2.41. The first-order chi connectivity index (χ1) is 9.44. The third kappa shape index (κ3) is 2.93. The first kappa shape index (κ1) is 14.4. The fourth-order valence-electron chi connectivity index (χ4n) is 2.03. The summed E-state index contributed by atoms with van der Waals surface area (Å²) in [5.74, 6) is 0.487. The van der Waals surface area contributed by atoms with Gasteiger partial charge in [0, 0.05) is 0 Å². The fourth-order valence-corrected chi connectivity index (χ4v) is 3.33. The zero-order chi connectivity index (χ0) is 14.8. The molecule has 1 N–H and O–H groups in total. The van der Waals surface area contributed by atoms with Gasteiger partial charge in [-0.1, -0.05) is 29.8 Å². The molecule has 0 fully saturated rings. The molecule has 0 saturated carbocycles. The van der Waals surface area contributed by atoms with E-state index >= 15 is 0 Å². The Labute approximate surface area is 119 Å². The Bertz CT molecular complexity index is 724. The fraction of sp³-hybridized carbons (Fsp3) is 0.200. The van der Waals surface area contributed by atoms with E-state index in [1.54, 1.807) is 43.3 Å². The Morgan fingerprint density at radius 3 is 2.40 bits per heavy atom. The average molecular weight is 291 g/mol. The number of aryl methyl sites for hydroxylation is 2. The van der Waals surface area contributed by atoms with Gasteiger partial charge in [-0.25, -0.2) is 8.42 Å². The molecule has 0 aliphatic heterocycles. The second kappa shape index (κ2) is 5.54. The van der Waals surface area contributed by atoms with E-state index < -0.39 is 10.0 Å². The van der Waals surface area contributed by atoms with Crippen LogP contribution >= 0.6 is 0 Å². The highest BCUT2D eigenvalue weighted by atomic mass is 32.2. The van der Waals surface area contributed by atoms with Gasteiger partial charge in [0.25, 0.3) is 10.0 Å². The van der Waals surface area contributed by atoms with E-state index in [2.05, 4.69) is 4.72 Å². The second-order valence-electron chi connectivity index (χ2n) is 4.57. The van der Waals surface area contributed by atoms with Crippen molar-refractivity contribution in [3.05, 3.63) is 53.6 Å². The van der Waals surface area contributed by atoms with Gasteiger partial charge in [-0.05, 0) is 37.6 Å². The highest BCUT2D eigenvalue weighted by molar-refractivity contribution is 7.92. The molecule has 0 bridgehead atoms. The van der Waals surface area contributed by atoms with Crippen LogP contribution in [0.2, 0.25) is 0 Å². The molecule has 0 heterocycles. The first-order valence-electron chi connectivity index (χ1n) is 6.17. The lowest BCUT2D eigenvalue weighted by Gasteiger charge is -2.13. The number of methoxy groups -OCH3 is 1. The van der Waals surface area contributed by atoms with Gasteiger partial charge in [-0.2, -0.15) is 0 Å². The van der Waals surface area contributed by atoms with Crippen molar-refractivity contribution in [3.8, 4) is 5.75 Å². The molecule has 4 nitrogen and oxygen atoms in total. The zero-order valence-corrected chi connectivity index (χ0v) is 12.5. The molecule has 0 amide bonds. The largest absolute Gasteiger partial charge is 0.495 e. The third-order valence-corrected chi connectivity index (χ3v) is 4.50. The van der Waals surface area contributed by atoms with E-state index in [0.29, 0.717) is 17.0 Å². The molecule has 0 atom stereocenters. The highest BCUT2D eigenvalue weighted by Gasteiger charge is 2.18. The van der Waals surface area contributed by atoms with Crippen LogP contribution in [0.5, 0.6) is 5.75 Å². The normalized spacial score (nSPS) is 11.2. The molecule has 20 heavy (non-hydrogen) atoms. The molecule has 2 rings (SSSR count). The number of ether oxygens (including phenoxy) is 1. The van der Waals surface area contributed by atoms with Crippen molar-refractivity contribution < 1.29 is 13.2 Å². The molecule has 2 aromatic rings. The van der Waals surface area contributed by atoms with Gasteiger partial charge in [0.05, 0.1) is 17.7 Å². The number of para-hydroxylation sites is 2. The average Bonchev–Trinajstić information content (AvgIpc) is 2.38. The Morgan fingerprint density at radius 2 is 1.75 bits per heavy atom. The van der Waals surface area contributed by atoms with Gasteiger partial charge < -0.3 is 4.74 Å². The molecular formula is C15H17NO3S. The summed E-state index contributed by atoms with van der Waals surface area (Å²) in [4.78, 5) is 0.272. The van der Waals surface area contributed by atoms with Crippen LogP contribution in [0, 0.1) is 13.8 Å². The van der Waals surface area contributed by atoms with E-state index in [9.17, 15) is 8.42 Å². The van der Waals surface area contributed by atoms with Gasteiger partial charge >= 0.3 is 0 Å². The summed E-state index contributed by atoms with van der Waals surface area (Å²) in [5, 5.41) is 0. The van der Waals surface area contributed by atoms with Crippen molar-refractivity contribution in [2.24, 2.45) is 0 Å². The summed E-state index contributed by atoms with van der Waals surface area (Å²) in [6.45, 7) is 3.71.